The lowest BCUT2D eigenvalue weighted by Crippen LogP contribution is -2.47. The minimum atomic E-state index is -0.123. The molecule has 134 valence electrons. The van der Waals surface area contributed by atoms with Crippen molar-refractivity contribution in [3.8, 4) is 5.75 Å². The maximum Gasteiger partial charge on any atom is 0.257 e. The third-order valence-electron chi connectivity index (χ3n) is 4.52. The van der Waals surface area contributed by atoms with Crippen LogP contribution < -0.4 is 10.1 Å². The van der Waals surface area contributed by atoms with E-state index in [0.29, 0.717) is 29.4 Å². The molecule has 1 aromatic heterocycles. The van der Waals surface area contributed by atoms with Crippen LogP contribution in [0.3, 0.4) is 0 Å². The first-order chi connectivity index (χ1) is 12.1. The number of nitrogens with one attached hydrogen (secondary N) is 1. The highest BCUT2D eigenvalue weighted by molar-refractivity contribution is 7.13. The average Bonchev–Trinajstić information content (AvgIpc) is 3.11. The first kappa shape index (κ1) is 17.9. The molecular weight excluding hydrogens is 334 g/mol. The molecule has 0 spiro atoms. The Morgan fingerprint density at radius 3 is 3.00 bits per heavy atom. The summed E-state index contributed by atoms with van der Waals surface area (Å²) in [7, 11) is 0. The summed E-state index contributed by atoms with van der Waals surface area (Å²) >= 11 is 1.42. The number of carbonyl (C=O) groups is 1. The van der Waals surface area contributed by atoms with E-state index in [1.165, 1.54) is 11.3 Å². The zero-order valence-electron chi connectivity index (χ0n) is 15.0. The lowest BCUT2D eigenvalue weighted by atomic mass is 9.95. The van der Waals surface area contributed by atoms with Gasteiger partial charge in [0.2, 0.25) is 0 Å². The fraction of sp³-hybridized carbons (Fsp3) is 0.474. The first-order valence-corrected chi connectivity index (χ1v) is 9.69. The summed E-state index contributed by atoms with van der Waals surface area (Å²) in [5.74, 6) is 0.700. The molecule has 0 fully saturated rings. The van der Waals surface area contributed by atoms with Gasteiger partial charge in [0, 0.05) is 34.8 Å². The zero-order chi connectivity index (χ0) is 17.8. The molecule has 1 aliphatic rings. The monoisotopic (exact) mass is 359 g/mol. The Hall–Kier alpha value is -1.92. The molecule has 1 N–H and O–H groups in total. The molecule has 0 bridgehead atoms. The number of aromatic nitrogens is 1. The van der Waals surface area contributed by atoms with Crippen molar-refractivity contribution < 1.29 is 9.53 Å². The minimum absolute atomic E-state index is 0.123. The standard InChI is InChI=1S/C19H25N3O2S/c1-4-9-22(13(2)3)14-11-16-15(6-5-7-17(16)24-12-14)18(23)21-19-20-8-10-25-19/h5-8,10,13-14H,4,9,11-12H2,1-3H3,(H,20,21,23). The summed E-state index contributed by atoms with van der Waals surface area (Å²) in [5.41, 5.74) is 1.67. The lowest BCUT2D eigenvalue weighted by Gasteiger charge is -2.38. The van der Waals surface area contributed by atoms with Crippen LogP contribution in [0.15, 0.2) is 29.8 Å². The highest BCUT2D eigenvalue weighted by Gasteiger charge is 2.29. The highest BCUT2D eigenvalue weighted by atomic mass is 32.1. The summed E-state index contributed by atoms with van der Waals surface area (Å²) < 4.78 is 6.00. The van der Waals surface area contributed by atoms with Gasteiger partial charge in [0.1, 0.15) is 12.4 Å². The van der Waals surface area contributed by atoms with Gasteiger partial charge in [-0.3, -0.25) is 15.0 Å². The fourth-order valence-corrected chi connectivity index (χ4v) is 3.91. The number of thiazole rings is 1. The van der Waals surface area contributed by atoms with Crippen molar-refractivity contribution >= 4 is 22.4 Å². The summed E-state index contributed by atoms with van der Waals surface area (Å²) in [6, 6.07) is 6.44. The van der Waals surface area contributed by atoms with Gasteiger partial charge >= 0.3 is 0 Å². The molecule has 1 atom stereocenters. The van der Waals surface area contributed by atoms with Gasteiger partial charge in [-0.05, 0) is 45.4 Å². The van der Waals surface area contributed by atoms with Gasteiger partial charge in [-0.2, -0.15) is 0 Å². The van der Waals surface area contributed by atoms with Crippen molar-refractivity contribution in [3.05, 3.63) is 40.9 Å². The Balaban J connectivity index is 1.84. The predicted molar refractivity (Wildman–Crippen MR) is 102 cm³/mol. The van der Waals surface area contributed by atoms with Gasteiger partial charge < -0.3 is 4.74 Å². The van der Waals surface area contributed by atoms with Gasteiger partial charge in [-0.1, -0.05) is 13.0 Å². The molecule has 3 rings (SSSR count). The molecular formula is C19H25N3O2S. The maximum absolute atomic E-state index is 12.7. The number of nitrogens with zero attached hydrogens (tertiary/aromatic N) is 2. The van der Waals surface area contributed by atoms with Crippen LogP contribution in [-0.2, 0) is 6.42 Å². The van der Waals surface area contributed by atoms with E-state index < -0.39 is 0 Å². The number of anilines is 1. The Morgan fingerprint density at radius 2 is 2.32 bits per heavy atom. The second-order valence-corrected chi connectivity index (χ2v) is 7.47. The lowest BCUT2D eigenvalue weighted by molar-refractivity contribution is 0.0909. The number of hydrogen-bond acceptors (Lipinski definition) is 5. The van der Waals surface area contributed by atoms with Crippen LogP contribution in [0.5, 0.6) is 5.75 Å². The molecule has 1 amide bonds. The van der Waals surface area contributed by atoms with E-state index in [1.807, 2.05) is 23.6 Å². The number of carbonyl (C=O) groups excluding carboxylic acids is 1. The Bertz CT molecular complexity index is 715. The number of fused-ring (bicyclic) bond motifs is 1. The summed E-state index contributed by atoms with van der Waals surface area (Å²) in [4.78, 5) is 19.3. The first-order valence-electron chi connectivity index (χ1n) is 8.81. The molecule has 0 radical (unpaired) electrons. The van der Waals surface area contributed by atoms with E-state index in [0.717, 1.165) is 30.7 Å². The second kappa shape index (κ2) is 7.97. The van der Waals surface area contributed by atoms with Crippen LogP contribution in [0.25, 0.3) is 0 Å². The maximum atomic E-state index is 12.7. The van der Waals surface area contributed by atoms with Gasteiger partial charge in [0.05, 0.1) is 0 Å². The molecule has 5 nitrogen and oxygen atoms in total. The SMILES string of the molecule is CCCN(C(C)C)C1COc2cccc(C(=O)Nc3nccs3)c2C1. The van der Waals surface area contributed by atoms with Gasteiger partial charge in [0.25, 0.3) is 5.91 Å². The van der Waals surface area contributed by atoms with Crippen molar-refractivity contribution in [2.24, 2.45) is 0 Å². The van der Waals surface area contributed by atoms with Gasteiger partial charge in [-0.25, -0.2) is 4.98 Å². The molecule has 0 saturated heterocycles. The Labute approximate surface area is 153 Å². The fourth-order valence-electron chi connectivity index (χ4n) is 3.39. The number of ether oxygens (including phenoxy) is 1. The summed E-state index contributed by atoms with van der Waals surface area (Å²) in [6.45, 7) is 8.33. The average molecular weight is 359 g/mol. The third kappa shape index (κ3) is 4.02. The summed E-state index contributed by atoms with van der Waals surface area (Å²) in [6.07, 6.45) is 3.62. The molecule has 2 aromatic rings. The zero-order valence-corrected chi connectivity index (χ0v) is 15.8. The van der Waals surface area contributed by atoms with Gasteiger partial charge in [0.15, 0.2) is 5.13 Å². The minimum Gasteiger partial charge on any atom is -0.492 e. The van der Waals surface area contributed by atoms with Crippen LogP contribution in [0.4, 0.5) is 5.13 Å². The molecule has 1 aliphatic heterocycles. The van der Waals surface area contributed by atoms with E-state index in [4.69, 9.17) is 4.74 Å². The van der Waals surface area contributed by atoms with E-state index in [1.54, 1.807) is 6.20 Å². The normalized spacial score (nSPS) is 16.6. The molecule has 2 heterocycles. The Kier molecular flexibility index (Phi) is 5.71. The van der Waals surface area contributed by atoms with E-state index in [2.05, 4.69) is 36.0 Å². The molecule has 0 saturated carbocycles. The number of rotatable bonds is 6. The highest BCUT2D eigenvalue weighted by Crippen LogP contribution is 2.31. The largest absolute Gasteiger partial charge is 0.492 e. The number of amides is 1. The van der Waals surface area contributed by atoms with Crippen molar-refractivity contribution in [1.82, 2.24) is 9.88 Å². The molecule has 0 aliphatic carbocycles. The van der Waals surface area contributed by atoms with Crippen LogP contribution in [0, 0.1) is 0 Å². The van der Waals surface area contributed by atoms with Crippen molar-refractivity contribution in [3.63, 3.8) is 0 Å². The number of hydrogen-bond donors (Lipinski definition) is 1. The van der Waals surface area contributed by atoms with Crippen LogP contribution >= 0.6 is 11.3 Å². The molecule has 6 heteroatoms. The van der Waals surface area contributed by atoms with Crippen molar-refractivity contribution in [2.45, 2.75) is 45.7 Å². The van der Waals surface area contributed by atoms with Crippen LogP contribution in [0.1, 0.15) is 43.1 Å². The van der Waals surface area contributed by atoms with Crippen LogP contribution in [0.2, 0.25) is 0 Å². The van der Waals surface area contributed by atoms with E-state index >= 15 is 0 Å². The van der Waals surface area contributed by atoms with E-state index in [-0.39, 0.29) is 5.91 Å². The molecule has 1 unspecified atom stereocenters. The predicted octanol–water partition coefficient (Wildman–Crippen LogP) is 3.82. The molecule has 1 aromatic carbocycles. The topological polar surface area (TPSA) is 54.5 Å². The van der Waals surface area contributed by atoms with Crippen molar-refractivity contribution in [2.75, 3.05) is 18.5 Å². The smallest absolute Gasteiger partial charge is 0.257 e. The van der Waals surface area contributed by atoms with E-state index in [9.17, 15) is 4.79 Å². The van der Waals surface area contributed by atoms with Gasteiger partial charge in [-0.15, -0.1) is 11.3 Å². The Morgan fingerprint density at radius 1 is 1.48 bits per heavy atom. The molecule has 25 heavy (non-hydrogen) atoms. The second-order valence-electron chi connectivity index (χ2n) is 6.57. The van der Waals surface area contributed by atoms with Crippen LogP contribution in [-0.4, -0.2) is 41.0 Å². The number of benzene rings is 1. The van der Waals surface area contributed by atoms with Crippen molar-refractivity contribution in [1.29, 1.82) is 0 Å². The third-order valence-corrected chi connectivity index (χ3v) is 5.20. The summed E-state index contributed by atoms with van der Waals surface area (Å²) in [5, 5.41) is 5.34. The quantitative estimate of drug-likeness (QED) is 0.852.